The molecule has 2 aliphatic rings. The Labute approximate surface area is 158 Å². The highest BCUT2D eigenvalue weighted by Gasteiger charge is 2.49. The summed E-state index contributed by atoms with van der Waals surface area (Å²) in [6.07, 6.45) is 3.50. The first kappa shape index (κ1) is 18.0. The van der Waals surface area contributed by atoms with Crippen molar-refractivity contribution in [2.45, 2.75) is 39.5 Å². The maximum absolute atomic E-state index is 14.1. The van der Waals surface area contributed by atoms with E-state index in [0.717, 1.165) is 43.3 Å². The summed E-state index contributed by atoms with van der Waals surface area (Å²) in [5, 5.41) is 0.732. The third kappa shape index (κ3) is 2.82. The summed E-state index contributed by atoms with van der Waals surface area (Å²) < 4.78 is 14.1. The third-order valence-corrected chi connectivity index (χ3v) is 6.22. The zero-order valence-electron chi connectivity index (χ0n) is 16.0. The van der Waals surface area contributed by atoms with E-state index in [0.29, 0.717) is 30.7 Å². The van der Waals surface area contributed by atoms with E-state index in [-0.39, 0.29) is 17.6 Å². The zero-order valence-corrected chi connectivity index (χ0v) is 16.0. The summed E-state index contributed by atoms with van der Waals surface area (Å²) in [5.41, 5.74) is 1.13. The molecule has 5 nitrogen and oxygen atoms in total. The van der Waals surface area contributed by atoms with Crippen molar-refractivity contribution in [2.24, 2.45) is 5.41 Å². The maximum Gasteiger partial charge on any atom is 0.270 e. The number of benzene rings is 1. The van der Waals surface area contributed by atoms with Gasteiger partial charge in [0, 0.05) is 31.6 Å². The summed E-state index contributed by atoms with van der Waals surface area (Å²) in [6.45, 7) is 6.56. The molecule has 1 spiro atoms. The van der Waals surface area contributed by atoms with Crippen LogP contribution < -0.4 is 0 Å². The van der Waals surface area contributed by atoms with Crippen molar-refractivity contribution >= 4 is 22.7 Å². The second-order valence-electron chi connectivity index (χ2n) is 7.94. The molecule has 1 aromatic carbocycles. The minimum Gasteiger partial charge on any atom is -0.348 e. The number of carbonyl (C=O) groups excluding carboxylic acids is 2. The molecule has 2 aromatic rings. The van der Waals surface area contributed by atoms with Crippen LogP contribution >= 0.6 is 0 Å². The van der Waals surface area contributed by atoms with Crippen LogP contribution in [0.1, 0.15) is 48.7 Å². The van der Waals surface area contributed by atoms with Gasteiger partial charge in [-0.25, -0.2) is 4.39 Å². The quantitative estimate of drug-likeness (QED) is 0.898. The molecule has 6 heteroatoms. The Kier molecular flexibility index (Phi) is 4.44. The second-order valence-corrected chi connectivity index (χ2v) is 7.94. The van der Waals surface area contributed by atoms with Gasteiger partial charge in [-0.1, -0.05) is 19.1 Å². The molecule has 0 bridgehead atoms. The lowest BCUT2D eigenvalue weighted by atomic mass is 9.78. The number of para-hydroxylation sites is 1. The Morgan fingerprint density at radius 1 is 1.30 bits per heavy atom. The van der Waals surface area contributed by atoms with Gasteiger partial charge in [-0.15, -0.1) is 0 Å². The molecule has 0 radical (unpaired) electrons. The molecule has 3 heterocycles. The van der Waals surface area contributed by atoms with Crippen molar-refractivity contribution in [3.8, 4) is 0 Å². The predicted molar refractivity (Wildman–Crippen MR) is 102 cm³/mol. The summed E-state index contributed by atoms with van der Waals surface area (Å²) in [5.74, 6) is -0.295. The number of nitrogens with one attached hydrogen (secondary N) is 1. The van der Waals surface area contributed by atoms with Gasteiger partial charge in [-0.2, -0.15) is 0 Å². The summed E-state index contributed by atoms with van der Waals surface area (Å²) in [4.78, 5) is 32.9. The Morgan fingerprint density at radius 2 is 2.11 bits per heavy atom. The van der Waals surface area contributed by atoms with Gasteiger partial charge < -0.3 is 14.8 Å². The number of piperidine rings is 1. The average molecular weight is 371 g/mol. The number of hydrogen-bond acceptors (Lipinski definition) is 2. The lowest BCUT2D eigenvalue weighted by molar-refractivity contribution is -0.145. The molecule has 2 aliphatic heterocycles. The molecular weight excluding hydrogens is 345 g/mol. The van der Waals surface area contributed by atoms with E-state index in [2.05, 4.69) is 11.9 Å². The molecule has 2 fully saturated rings. The number of hydrogen-bond donors (Lipinski definition) is 1. The smallest absolute Gasteiger partial charge is 0.270 e. The van der Waals surface area contributed by atoms with E-state index in [4.69, 9.17) is 0 Å². The zero-order chi connectivity index (χ0) is 19.2. The summed E-state index contributed by atoms with van der Waals surface area (Å²) >= 11 is 0. The van der Waals surface area contributed by atoms with Crippen molar-refractivity contribution in [2.75, 3.05) is 26.2 Å². The van der Waals surface area contributed by atoms with Crippen LogP contribution in [0.5, 0.6) is 0 Å². The summed E-state index contributed by atoms with van der Waals surface area (Å²) in [6, 6.07) is 4.86. The molecule has 2 saturated heterocycles. The molecule has 144 valence electrons. The van der Waals surface area contributed by atoms with Crippen molar-refractivity contribution in [3.05, 3.63) is 35.3 Å². The Hall–Kier alpha value is -2.37. The minimum absolute atomic E-state index is 0.139. The Bertz CT molecular complexity index is 904. The van der Waals surface area contributed by atoms with Crippen LogP contribution in [-0.2, 0) is 4.79 Å². The third-order valence-electron chi connectivity index (χ3n) is 6.22. The van der Waals surface area contributed by atoms with E-state index in [1.807, 2.05) is 17.9 Å². The van der Waals surface area contributed by atoms with Gasteiger partial charge in [0.05, 0.1) is 10.9 Å². The highest BCUT2D eigenvalue weighted by atomic mass is 19.1. The van der Waals surface area contributed by atoms with Gasteiger partial charge in [0.2, 0.25) is 5.91 Å². The van der Waals surface area contributed by atoms with E-state index in [9.17, 15) is 14.0 Å². The number of likely N-dealkylation sites (tertiary alicyclic amines) is 2. The first-order chi connectivity index (χ1) is 13.0. The SMILES string of the molecule is CCCN1CCCC2(CCN(C(=O)c3[nH]c4c(F)cccc4c3C)C2)C1=O. The van der Waals surface area contributed by atoms with Crippen molar-refractivity contribution in [1.29, 1.82) is 0 Å². The minimum atomic E-state index is -0.436. The second kappa shape index (κ2) is 6.66. The molecule has 1 unspecified atom stereocenters. The van der Waals surface area contributed by atoms with Gasteiger partial charge in [0.25, 0.3) is 5.91 Å². The summed E-state index contributed by atoms with van der Waals surface area (Å²) in [7, 11) is 0. The first-order valence-electron chi connectivity index (χ1n) is 9.82. The average Bonchev–Trinajstić information content (AvgIpc) is 3.23. The van der Waals surface area contributed by atoms with Gasteiger partial charge in [0.15, 0.2) is 0 Å². The number of carbonyl (C=O) groups is 2. The van der Waals surface area contributed by atoms with Crippen LogP contribution in [0.25, 0.3) is 10.9 Å². The molecule has 27 heavy (non-hydrogen) atoms. The predicted octanol–water partition coefficient (Wildman–Crippen LogP) is 3.48. The van der Waals surface area contributed by atoms with Gasteiger partial charge in [0.1, 0.15) is 11.5 Å². The number of aryl methyl sites for hydroxylation is 1. The number of rotatable bonds is 3. The number of nitrogens with zero attached hydrogens (tertiary/aromatic N) is 2. The lowest BCUT2D eigenvalue weighted by Gasteiger charge is -2.39. The van der Waals surface area contributed by atoms with Crippen molar-refractivity contribution in [3.63, 3.8) is 0 Å². The van der Waals surface area contributed by atoms with Crippen LogP contribution in [0, 0.1) is 18.2 Å². The highest BCUT2D eigenvalue weighted by molar-refractivity contribution is 6.01. The Morgan fingerprint density at radius 3 is 2.85 bits per heavy atom. The number of halogens is 1. The fourth-order valence-corrected chi connectivity index (χ4v) is 4.75. The standard InChI is InChI=1S/C21H26FN3O2/c1-3-10-24-11-5-8-21(20(24)27)9-12-25(13-21)19(26)17-14(2)15-6-4-7-16(22)18(15)23-17/h4,6-7,23H,3,5,8-13H2,1-2H3. The van der Waals surface area contributed by atoms with Crippen LogP contribution in [0.3, 0.4) is 0 Å². The molecule has 0 aliphatic carbocycles. The highest BCUT2D eigenvalue weighted by Crippen LogP contribution is 2.41. The van der Waals surface area contributed by atoms with Crippen LogP contribution in [0.15, 0.2) is 18.2 Å². The van der Waals surface area contributed by atoms with Gasteiger partial charge >= 0.3 is 0 Å². The van der Waals surface area contributed by atoms with Gasteiger partial charge in [-0.05, 0) is 44.2 Å². The number of aromatic nitrogens is 1. The molecule has 1 N–H and O–H groups in total. The normalized spacial score (nSPS) is 23.0. The maximum atomic E-state index is 14.1. The Balaban J connectivity index is 1.59. The van der Waals surface area contributed by atoms with Crippen molar-refractivity contribution < 1.29 is 14.0 Å². The monoisotopic (exact) mass is 371 g/mol. The molecule has 0 saturated carbocycles. The molecule has 1 aromatic heterocycles. The largest absolute Gasteiger partial charge is 0.348 e. The van der Waals surface area contributed by atoms with Gasteiger partial charge in [-0.3, -0.25) is 9.59 Å². The molecule has 2 amide bonds. The number of amides is 2. The number of fused-ring (bicyclic) bond motifs is 1. The number of aromatic amines is 1. The van der Waals surface area contributed by atoms with Crippen LogP contribution in [0.2, 0.25) is 0 Å². The fourth-order valence-electron chi connectivity index (χ4n) is 4.75. The van der Waals surface area contributed by atoms with E-state index in [1.165, 1.54) is 6.07 Å². The van der Waals surface area contributed by atoms with Crippen LogP contribution in [0.4, 0.5) is 4.39 Å². The van der Waals surface area contributed by atoms with E-state index in [1.54, 1.807) is 11.0 Å². The molecule has 1 atom stereocenters. The molecular formula is C21H26FN3O2. The topological polar surface area (TPSA) is 56.4 Å². The van der Waals surface area contributed by atoms with Crippen LogP contribution in [-0.4, -0.2) is 52.8 Å². The fraction of sp³-hybridized carbons (Fsp3) is 0.524. The van der Waals surface area contributed by atoms with Crippen molar-refractivity contribution in [1.82, 2.24) is 14.8 Å². The first-order valence-corrected chi connectivity index (χ1v) is 9.82. The number of H-pyrrole nitrogens is 1. The molecule has 4 rings (SSSR count). The lowest BCUT2D eigenvalue weighted by Crippen LogP contribution is -2.50. The van der Waals surface area contributed by atoms with E-state index < -0.39 is 5.41 Å². The van der Waals surface area contributed by atoms with E-state index >= 15 is 0 Å².